The van der Waals surface area contributed by atoms with Gasteiger partial charge in [0.05, 0.1) is 0 Å². The van der Waals surface area contributed by atoms with Crippen LogP contribution in [-0.2, 0) is 16.1 Å². The van der Waals surface area contributed by atoms with Crippen molar-refractivity contribution in [3.05, 3.63) is 35.9 Å². The van der Waals surface area contributed by atoms with Gasteiger partial charge >= 0.3 is 5.97 Å². The van der Waals surface area contributed by atoms with Crippen molar-refractivity contribution in [3.8, 4) is 0 Å². The highest BCUT2D eigenvalue weighted by molar-refractivity contribution is 5.69. The van der Waals surface area contributed by atoms with E-state index in [1.165, 1.54) is 0 Å². The van der Waals surface area contributed by atoms with Crippen molar-refractivity contribution in [2.75, 3.05) is 7.05 Å². The average molecular weight is 263 g/mol. The zero-order chi connectivity index (χ0) is 13.9. The summed E-state index contributed by atoms with van der Waals surface area (Å²) < 4.78 is 5.23. The molecule has 3 nitrogen and oxygen atoms in total. The van der Waals surface area contributed by atoms with Gasteiger partial charge in [0.1, 0.15) is 6.61 Å². The Labute approximate surface area is 116 Å². The van der Waals surface area contributed by atoms with Gasteiger partial charge in [-0.25, -0.2) is 0 Å². The SMILES string of the molecule is CCC(CCCCC(=O)OCc1ccccc1)NC. The summed E-state index contributed by atoms with van der Waals surface area (Å²) in [5, 5.41) is 3.27. The van der Waals surface area contributed by atoms with Crippen molar-refractivity contribution in [2.24, 2.45) is 0 Å². The van der Waals surface area contributed by atoms with Gasteiger partial charge in [-0.3, -0.25) is 4.79 Å². The largest absolute Gasteiger partial charge is 0.461 e. The second-order valence-corrected chi connectivity index (χ2v) is 4.79. The highest BCUT2D eigenvalue weighted by Gasteiger charge is 2.05. The molecule has 0 saturated heterocycles. The number of unbranched alkanes of at least 4 members (excludes halogenated alkanes) is 1. The third-order valence-electron chi connectivity index (χ3n) is 3.33. The lowest BCUT2D eigenvalue weighted by Crippen LogP contribution is -2.23. The fourth-order valence-electron chi connectivity index (χ4n) is 2.02. The number of carbonyl (C=O) groups excluding carboxylic acids is 1. The Kier molecular flexibility index (Phi) is 7.91. The molecule has 0 aliphatic heterocycles. The second-order valence-electron chi connectivity index (χ2n) is 4.79. The van der Waals surface area contributed by atoms with E-state index in [1.54, 1.807) is 0 Å². The highest BCUT2D eigenvalue weighted by atomic mass is 16.5. The number of hydrogen-bond donors (Lipinski definition) is 1. The summed E-state index contributed by atoms with van der Waals surface area (Å²) in [5.41, 5.74) is 1.04. The predicted molar refractivity (Wildman–Crippen MR) is 77.8 cm³/mol. The first-order valence-electron chi connectivity index (χ1n) is 7.13. The molecule has 0 spiro atoms. The van der Waals surface area contributed by atoms with Gasteiger partial charge in [-0.15, -0.1) is 0 Å². The van der Waals surface area contributed by atoms with Crippen LogP contribution in [0, 0.1) is 0 Å². The second kappa shape index (κ2) is 9.56. The van der Waals surface area contributed by atoms with E-state index in [-0.39, 0.29) is 5.97 Å². The summed E-state index contributed by atoms with van der Waals surface area (Å²) in [6, 6.07) is 10.4. The van der Waals surface area contributed by atoms with Gasteiger partial charge in [-0.1, -0.05) is 43.7 Å². The first kappa shape index (κ1) is 15.7. The highest BCUT2D eigenvalue weighted by Crippen LogP contribution is 2.08. The maximum Gasteiger partial charge on any atom is 0.306 e. The van der Waals surface area contributed by atoms with Crippen molar-refractivity contribution in [3.63, 3.8) is 0 Å². The van der Waals surface area contributed by atoms with E-state index in [4.69, 9.17) is 4.74 Å². The number of hydrogen-bond acceptors (Lipinski definition) is 3. The number of carbonyl (C=O) groups is 1. The van der Waals surface area contributed by atoms with E-state index in [2.05, 4.69) is 12.2 Å². The Morgan fingerprint density at radius 2 is 2.00 bits per heavy atom. The monoisotopic (exact) mass is 263 g/mol. The van der Waals surface area contributed by atoms with E-state index >= 15 is 0 Å². The number of ether oxygens (including phenoxy) is 1. The van der Waals surface area contributed by atoms with Crippen LogP contribution >= 0.6 is 0 Å². The minimum Gasteiger partial charge on any atom is -0.461 e. The van der Waals surface area contributed by atoms with E-state index in [0.29, 0.717) is 19.1 Å². The van der Waals surface area contributed by atoms with Gasteiger partial charge in [-0.2, -0.15) is 0 Å². The summed E-state index contributed by atoms with van der Waals surface area (Å²) in [6.45, 7) is 2.56. The summed E-state index contributed by atoms with van der Waals surface area (Å²) in [6.07, 6.45) is 4.76. The van der Waals surface area contributed by atoms with Gasteiger partial charge in [0.2, 0.25) is 0 Å². The van der Waals surface area contributed by atoms with Crippen LogP contribution in [0.4, 0.5) is 0 Å². The van der Waals surface area contributed by atoms with E-state index < -0.39 is 0 Å². The molecule has 0 radical (unpaired) electrons. The Hall–Kier alpha value is -1.35. The Morgan fingerprint density at radius 1 is 1.26 bits per heavy atom. The Balaban J connectivity index is 2.08. The molecular formula is C16H25NO2. The molecular weight excluding hydrogens is 238 g/mol. The molecule has 0 fully saturated rings. The first-order valence-corrected chi connectivity index (χ1v) is 7.13. The number of nitrogens with one attached hydrogen (secondary N) is 1. The predicted octanol–water partition coefficient (Wildman–Crippen LogP) is 3.29. The molecule has 106 valence electrons. The molecule has 1 rings (SSSR count). The van der Waals surface area contributed by atoms with Crippen LogP contribution in [0.15, 0.2) is 30.3 Å². The van der Waals surface area contributed by atoms with Crippen LogP contribution in [0.2, 0.25) is 0 Å². The lowest BCUT2D eigenvalue weighted by molar-refractivity contribution is -0.145. The summed E-state index contributed by atoms with van der Waals surface area (Å²) >= 11 is 0. The normalized spacial score (nSPS) is 12.1. The van der Waals surface area contributed by atoms with Gasteiger partial charge in [0.15, 0.2) is 0 Å². The molecule has 0 aromatic heterocycles. The lowest BCUT2D eigenvalue weighted by Gasteiger charge is -2.12. The number of benzene rings is 1. The molecule has 3 heteroatoms. The summed E-state index contributed by atoms with van der Waals surface area (Å²) in [4.78, 5) is 11.6. The third-order valence-corrected chi connectivity index (χ3v) is 3.33. The van der Waals surface area contributed by atoms with Crippen LogP contribution in [-0.4, -0.2) is 19.1 Å². The molecule has 19 heavy (non-hydrogen) atoms. The topological polar surface area (TPSA) is 38.3 Å². The minimum absolute atomic E-state index is 0.0960. The van der Waals surface area contributed by atoms with E-state index in [1.807, 2.05) is 37.4 Å². The fourth-order valence-corrected chi connectivity index (χ4v) is 2.02. The zero-order valence-corrected chi connectivity index (χ0v) is 12.0. The molecule has 0 saturated carbocycles. The summed E-state index contributed by atoms with van der Waals surface area (Å²) in [5.74, 6) is -0.0960. The Morgan fingerprint density at radius 3 is 2.63 bits per heavy atom. The fraction of sp³-hybridized carbons (Fsp3) is 0.562. The van der Waals surface area contributed by atoms with Gasteiger partial charge in [0, 0.05) is 12.5 Å². The molecule has 0 bridgehead atoms. The van der Waals surface area contributed by atoms with Gasteiger partial charge in [0.25, 0.3) is 0 Å². The zero-order valence-electron chi connectivity index (χ0n) is 12.0. The van der Waals surface area contributed by atoms with Crippen molar-refractivity contribution in [1.82, 2.24) is 5.32 Å². The first-order chi connectivity index (χ1) is 9.26. The molecule has 1 aromatic carbocycles. The van der Waals surface area contributed by atoms with Crippen molar-refractivity contribution in [1.29, 1.82) is 0 Å². The van der Waals surface area contributed by atoms with Crippen LogP contribution < -0.4 is 5.32 Å². The molecule has 0 amide bonds. The molecule has 1 aromatic rings. The molecule has 0 aliphatic rings. The molecule has 0 heterocycles. The molecule has 1 N–H and O–H groups in total. The quantitative estimate of drug-likeness (QED) is 0.549. The van der Waals surface area contributed by atoms with Crippen LogP contribution in [0.1, 0.15) is 44.6 Å². The molecule has 1 atom stereocenters. The summed E-state index contributed by atoms with van der Waals surface area (Å²) in [7, 11) is 1.99. The maximum atomic E-state index is 11.6. The maximum absolute atomic E-state index is 11.6. The van der Waals surface area contributed by atoms with E-state index in [9.17, 15) is 4.79 Å². The van der Waals surface area contributed by atoms with E-state index in [0.717, 1.165) is 31.2 Å². The Bertz CT molecular complexity index is 347. The molecule has 1 unspecified atom stereocenters. The lowest BCUT2D eigenvalue weighted by atomic mass is 10.1. The minimum atomic E-state index is -0.0960. The van der Waals surface area contributed by atoms with Crippen LogP contribution in [0.25, 0.3) is 0 Å². The average Bonchev–Trinajstić information content (AvgIpc) is 2.46. The van der Waals surface area contributed by atoms with Crippen LogP contribution in [0.3, 0.4) is 0 Å². The number of rotatable bonds is 9. The van der Waals surface area contributed by atoms with Crippen molar-refractivity contribution in [2.45, 2.75) is 51.7 Å². The number of esters is 1. The molecule has 0 aliphatic carbocycles. The van der Waals surface area contributed by atoms with Gasteiger partial charge < -0.3 is 10.1 Å². The van der Waals surface area contributed by atoms with Gasteiger partial charge in [-0.05, 0) is 31.9 Å². The van der Waals surface area contributed by atoms with Crippen molar-refractivity contribution >= 4 is 5.97 Å². The third kappa shape index (κ3) is 6.97. The van der Waals surface area contributed by atoms with Crippen LogP contribution in [0.5, 0.6) is 0 Å². The standard InChI is InChI=1S/C16H25NO2/c1-3-15(17-2)11-7-8-12-16(18)19-13-14-9-5-4-6-10-14/h4-6,9-10,15,17H,3,7-8,11-13H2,1-2H3. The smallest absolute Gasteiger partial charge is 0.306 e. The van der Waals surface area contributed by atoms with Crippen molar-refractivity contribution < 1.29 is 9.53 Å².